The molecule has 0 aromatic carbocycles. The maximum absolute atomic E-state index is 10.7. The van der Waals surface area contributed by atoms with Gasteiger partial charge in [0.15, 0.2) is 5.42 Å². The van der Waals surface area contributed by atoms with Crippen LogP contribution in [0.4, 0.5) is 0 Å². The molecule has 58 valence electrons. The highest BCUT2D eigenvalue weighted by molar-refractivity contribution is 5.34. The summed E-state index contributed by atoms with van der Waals surface area (Å²) in [5, 5.41) is 0.828. The molecular weight excluding hydrogens is 142 g/mol. The molecular formula is C8H9NO2. The van der Waals surface area contributed by atoms with Crippen LogP contribution in [-0.4, -0.2) is 4.98 Å². The van der Waals surface area contributed by atoms with Gasteiger partial charge in [-0.2, -0.15) is 0 Å². The average Bonchev–Trinajstić information content (AvgIpc) is 2.27. The Morgan fingerprint density at radius 2 is 2.55 bits per heavy atom. The van der Waals surface area contributed by atoms with Gasteiger partial charge in [-0.3, -0.25) is 4.98 Å². The molecule has 0 fully saturated rings. The number of oxazole rings is 1. The van der Waals surface area contributed by atoms with Gasteiger partial charge in [-0.1, -0.05) is 13.0 Å². The fraction of sp³-hybridized carbons (Fsp3) is 0.375. The summed E-state index contributed by atoms with van der Waals surface area (Å²) in [5.74, 6) is 0.132. The predicted molar refractivity (Wildman–Crippen MR) is 41.3 cm³/mol. The number of rotatable bonds is 0. The van der Waals surface area contributed by atoms with E-state index in [0.717, 1.165) is 11.8 Å². The molecule has 2 rings (SSSR count). The molecule has 1 heterocycles. The highest BCUT2D eigenvalue weighted by atomic mass is 16.4. The van der Waals surface area contributed by atoms with Crippen molar-refractivity contribution in [1.29, 1.82) is 0 Å². The van der Waals surface area contributed by atoms with E-state index < -0.39 is 0 Å². The summed E-state index contributed by atoms with van der Waals surface area (Å²) in [6, 6.07) is 0. The first-order valence-corrected chi connectivity index (χ1v) is 3.67. The van der Waals surface area contributed by atoms with E-state index in [1.165, 1.54) is 0 Å². The second kappa shape index (κ2) is 2.12. The van der Waals surface area contributed by atoms with Crippen molar-refractivity contribution in [2.45, 2.75) is 13.3 Å². The molecule has 0 bridgehead atoms. The van der Waals surface area contributed by atoms with Gasteiger partial charge in [-0.25, -0.2) is 4.79 Å². The van der Waals surface area contributed by atoms with Crippen LogP contribution in [0.25, 0.3) is 12.2 Å². The summed E-state index contributed by atoms with van der Waals surface area (Å²) in [5.41, 5.74) is 0.688. The summed E-state index contributed by atoms with van der Waals surface area (Å²) in [7, 11) is 0. The standard InChI is InChI=1S/C8H9NO2/c1-5-2-3-7-6(4-5)9-8(10)11-7/h3-5H,2H2,1H3,(H,9,10). The quantitative estimate of drug-likeness (QED) is 0.546. The minimum atomic E-state index is -0.364. The van der Waals surface area contributed by atoms with Gasteiger partial charge in [0.1, 0.15) is 0 Å². The topological polar surface area (TPSA) is 46.0 Å². The first-order valence-electron chi connectivity index (χ1n) is 3.67. The van der Waals surface area contributed by atoms with Crippen LogP contribution in [0.15, 0.2) is 9.21 Å². The number of nitrogens with one attached hydrogen (secondary N) is 1. The van der Waals surface area contributed by atoms with E-state index in [-0.39, 0.29) is 5.76 Å². The molecule has 1 aromatic rings. The van der Waals surface area contributed by atoms with Crippen LogP contribution in [0.3, 0.4) is 0 Å². The second-order valence-electron chi connectivity index (χ2n) is 2.88. The van der Waals surface area contributed by atoms with Crippen LogP contribution in [0.2, 0.25) is 0 Å². The minimum absolute atomic E-state index is 0.364. The molecule has 1 aliphatic carbocycles. The molecule has 3 nitrogen and oxygen atoms in total. The van der Waals surface area contributed by atoms with Gasteiger partial charge in [0.25, 0.3) is 0 Å². The van der Waals surface area contributed by atoms with E-state index in [4.69, 9.17) is 4.42 Å². The van der Waals surface area contributed by atoms with Crippen LogP contribution in [0.1, 0.15) is 13.3 Å². The third kappa shape index (κ3) is 1.02. The van der Waals surface area contributed by atoms with Crippen molar-refractivity contribution in [3.8, 4) is 0 Å². The molecule has 0 radical (unpaired) electrons. The van der Waals surface area contributed by atoms with Crippen LogP contribution in [0, 0.1) is 5.92 Å². The van der Waals surface area contributed by atoms with E-state index in [1.54, 1.807) is 0 Å². The number of hydrogen-bond acceptors (Lipinski definition) is 2. The highest BCUT2D eigenvalue weighted by Gasteiger charge is 2.03. The fourth-order valence-electron chi connectivity index (χ4n) is 1.27. The lowest BCUT2D eigenvalue weighted by molar-refractivity contribution is 0.482. The summed E-state index contributed by atoms with van der Waals surface area (Å²) < 4.78 is 4.86. The molecule has 0 aliphatic heterocycles. The Labute approximate surface area is 63.0 Å². The number of aromatic amines is 1. The number of aromatic nitrogens is 1. The summed E-state index contributed by atoms with van der Waals surface area (Å²) >= 11 is 0. The van der Waals surface area contributed by atoms with Crippen LogP contribution >= 0.6 is 0 Å². The Morgan fingerprint density at radius 1 is 1.73 bits per heavy atom. The monoisotopic (exact) mass is 151 g/mol. The molecule has 0 saturated carbocycles. The first kappa shape index (κ1) is 6.46. The normalized spacial score (nSPS) is 21.7. The minimum Gasteiger partial charge on any atom is -0.408 e. The smallest absolute Gasteiger partial charge is 0.408 e. The second-order valence-corrected chi connectivity index (χ2v) is 2.88. The molecule has 0 spiro atoms. The lowest BCUT2D eigenvalue weighted by Crippen LogP contribution is -2.26. The maximum atomic E-state index is 10.7. The van der Waals surface area contributed by atoms with E-state index in [2.05, 4.69) is 11.9 Å². The van der Waals surface area contributed by atoms with Crippen LogP contribution in [-0.2, 0) is 0 Å². The molecule has 1 N–H and O–H groups in total. The maximum Gasteiger partial charge on any atom is 0.417 e. The summed E-state index contributed by atoms with van der Waals surface area (Å²) in [4.78, 5) is 13.3. The Hall–Kier alpha value is -1.25. The SMILES string of the molecule is CC1C=c2[nH]c(=O)oc2=CC1. The Balaban J connectivity index is 2.82. The zero-order chi connectivity index (χ0) is 7.84. The molecule has 1 unspecified atom stereocenters. The summed E-state index contributed by atoms with van der Waals surface area (Å²) in [6.45, 7) is 2.10. The lowest BCUT2D eigenvalue weighted by Gasteiger charge is -2.01. The van der Waals surface area contributed by atoms with Crippen molar-refractivity contribution in [1.82, 2.24) is 4.98 Å². The highest BCUT2D eigenvalue weighted by Crippen LogP contribution is 2.04. The van der Waals surface area contributed by atoms with E-state index in [1.807, 2.05) is 12.2 Å². The largest absolute Gasteiger partial charge is 0.417 e. The van der Waals surface area contributed by atoms with E-state index >= 15 is 0 Å². The van der Waals surface area contributed by atoms with E-state index in [9.17, 15) is 4.79 Å². The van der Waals surface area contributed by atoms with Gasteiger partial charge in [-0.05, 0) is 18.4 Å². The zero-order valence-electron chi connectivity index (χ0n) is 6.26. The molecule has 1 aliphatic rings. The molecule has 3 heteroatoms. The summed E-state index contributed by atoms with van der Waals surface area (Å²) in [6.07, 6.45) is 4.91. The lowest BCUT2D eigenvalue weighted by atomic mass is 10.0. The number of fused-ring (bicyclic) bond motifs is 1. The number of H-pyrrole nitrogens is 1. The van der Waals surface area contributed by atoms with Crippen molar-refractivity contribution in [3.05, 3.63) is 21.3 Å². The van der Waals surface area contributed by atoms with Gasteiger partial charge in [0.2, 0.25) is 0 Å². The third-order valence-electron chi connectivity index (χ3n) is 1.83. The predicted octanol–water partition coefficient (Wildman–Crippen LogP) is -0.431. The first-order chi connectivity index (χ1) is 5.25. The van der Waals surface area contributed by atoms with Gasteiger partial charge >= 0.3 is 5.76 Å². The molecule has 0 saturated heterocycles. The van der Waals surface area contributed by atoms with Gasteiger partial charge in [-0.15, -0.1) is 0 Å². The van der Waals surface area contributed by atoms with Crippen molar-refractivity contribution in [3.63, 3.8) is 0 Å². The Kier molecular flexibility index (Phi) is 1.24. The number of hydrogen-bond donors (Lipinski definition) is 1. The van der Waals surface area contributed by atoms with Crippen LogP contribution in [0.5, 0.6) is 0 Å². The van der Waals surface area contributed by atoms with E-state index in [0.29, 0.717) is 11.3 Å². The van der Waals surface area contributed by atoms with Crippen LogP contribution < -0.4 is 16.5 Å². The van der Waals surface area contributed by atoms with Crippen molar-refractivity contribution in [2.75, 3.05) is 0 Å². The van der Waals surface area contributed by atoms with Crippen molar-refractivity contribution in [2.24, 2.45) is 5.92 Å². The molecule has 1 aromatic heterocycles. The zero-order valence-corrected chi connectivity index (χ0v) is 6.26. The van der Waals surface area contributed by atoms with Gasteiger partial charge in [0, 0.05) is 0 Å². The average molecular weight is 151 g/mol. The molecule has 0 amide bonds. The Morgan fingerprint density at radius 3 is 3.36 bits per heavy atom. The Bertz CT molecular complexity index is 424. The van der Waals surface area contributed by atoms with Gasteiger partial charge in [0.05, 0.1) is 5.35 Å². The van der Waals surface area contributed by atoms with Gasteiger partial charge < -0.3 is 4.42 Å². The molecule has 11 heavy (non-hydrogen) atoms. The van der Waals surface area contributed by atoms with Crippen molar-refractivity contribution < 1.29 is 4.42 Å². The molecule has 1 atom stereocenters. The fourth-order valence-corrected chi connectivity index (χ4v) is 1.27. The van der Waals surface area contributed by atoms with Crippen molar-refractivity contribution >= 4 is 12.2 Å². The third-order valence-corrected chi connectivity index (χ3v) is 1.83.